The van der Waals surface area contributed by atoms with Gasteiger partial charge in [-0.3, -0.25) is 10.2 Å². The van der Waals surface area contributed by atoms with Gasteiger partial charge in [0.15, 0.2) is 6.61 Å². The highest BCUT2D eigenvalue weighted by atomic mass is 35.5. The second-order valence-electron chi connectivity index (χ2n) is 6.67. The van der Waals surface area contributed by atoms with Crippen molar-refractivity contribution in [2.24, 2.45) is 5.10 Å². The van der Waals surface area contributed by atoms with Gasteiger partial charge in [0.2, 0.25) is 0 Å². The number of carbonyl (C=O) groups is 1. The average molecular weight is 386 g/mol. The number of ether oxygens (including phenoxy) is 1. The molecule has 142 valence electrons. The number of nitrogens with one attached hydrogen (secondary N) is 1. The van der Waals surface area contributed by atoms with Crippen LogP contribution in [0.2, 0.25) is 5.02 Å². The first kappa shape index (κ1) is 19.2. The quantitative estimate of drug-likeness (QED) is 0.589. The van der Waals surface area contributed by atoms with Crippen molar-refractivity contribution < 1.29 is 9.53 Å². The average Bonchev–Trinajstić information content (AvgIpc) is 3.22. The Balaban J connectivity index is 1.55. The predicted molar refractivity (Wildman–Crippen MR) is 110 cm³/mol. The number of rotatable bonds is 6. The van der Waals surface area contributed by atoms with Crippen molar-refractivity contribution in [3.05, 3.63) is 58.6 Å². The molecule has 0 atom stereocenters. The van der Waals surface area contributed by atoms with E-state index < -0.39 is 0 Å². The molecule has 2 aromatic rings. The predicted octanol–water partition coefficient (Wildman–Crippen LogP) is 4.49. The number of likely N-dealkylation sites (tertiary alicyclic amines) is 1. The SMILES string of the molecule is C/C(=N\Nc1ccc(C)c(Cl)c1)c1ccc(OCC(=O)N2CCCC2)cc1. The summed E-state index contributed by atoms with van der Waals surface area (Å²) in [5.74, 6) is 0.729. The Labute approximate surface area is 165 Å². The van der Waals surface area contributed by atoms with E-state index in [1.807, 2.05) is 61.2 Å². The van der Waals surface area contributed by atoms with Gasteiger partial charge in [0.05, 0.1) is 11.4 Å². The van der Waals surface area contributed by atoms with Crippen LogP contribution in [0.1, 0.15) is 30.9 Å². The fourth-order valence-corrected chi connectivity index (χ4v) is 3.05. The number of halogens is 1. The number of aryl methyl sites for hydroxylation is 1. The molecule has 1 N–H and O–H groups in total. The first-order valence-corrected chi connectivity index (χ1v) is 9.48. The summed E-state index contributed by atoms with van der Waals surface area (Å²) in [5.41, 5.74) is 6.70. The smallest absolute Gasteiger partial charge is 0.260 e. The van der Waals surface area contributed by atoms with Crippen molar-refractivity contribution in [2.45, 2.75) is 26.7 Å². The lowest BCUT2D eigenvalue weighted by molar-refractivity contribution is -0.132. The molecule has 1 fully saturated rings. The Morgan fingerprint density at radius 3 is 2.56 bits per heavy atom. The van der Waals surface area contributed by atoms with E-state index in [9.17, 15) is 4.79 Å². The van der Waals surface area contributed by atoms with Crippen molar-refractivity contribution in [3.8, 4) is 5.75 Å². The van der Waals surface area contributed by atoms with Crippen LogP contribution in [0.5, 0.6) is 5.75 Å². The Hall–Kier alpha value is -2.53. The van der Waals surface area contributed by atoms with E-state index in [1.54, 1.807) is 0 Å². The molecule has 6 heteroatoms. The van der Waals surface area contributed by atoms with Crippen LogP contribution in [-0.2, 0) is 4.79 Å². The van der Waals surface area contributed by atoms with E-state index in [0.29, 0.717) is 10.8 Å². The molecule has 1 aliphatic rings. The van der Waals surface area contributed by atoms with Crippen LogP contribution < -0.4 is 10.2 Å². The summed E-state index contributed by atoms with van der Waals surface area (Å²) >= 11 is 6.13. The van der Waals surface area contributed by atoms with E-state index in [2.05, 4.69) is 10.5 Å². The highest BCUT2D eigenvalue weighted by Crippen LogP contribution is 2.20. The zero-order chi connectivity index (χ0) is 19.2. The molecule has 0 spiro atoms. The fourth-order valence-electron chi connectivity index (χ4n) is 2.87. The number of nitrogens with zero attached hydrogens (tertiary/aromatic N) is 2. The summed E-state index contributed by atoms with van der Waals surface area (Å²) in [6, 6.07) is 13.3. The molecule has 2 aromatic carbocycles. The number of hydrazone groups is 1. The number of carbonyl (C=O) groups excluding carboxylic acids is 1. The molecule has 5 nitrogen and oxygen atoms in total. The van der Waals surface area contributed by atoms with E-state index in [0.717, 1.165) is 48.5 Å². The van der Waals surface area contributed by atoms with Gasteiger partial charge in [-0.15, -0.1) is 0 Å². The lowest BCUT2D eigenvalue weighted by atomic mass is 10.1. The minimum atomic E-state index is 0.0512. The molecule has 3 rings (SSSR count). The fraction of sp³-hybridized carbons (Fsp3) is 0.333. The largest absolute Gasteiger partial charge is 0.484 e. The number of amides is 1. The standard InChI is InChI=1S/C21H24ClN3O2/c1-15-5-8-18(13-20(15)22)24-23-16(2)17-6-9-19(10-7-17)27-14-21(26)25-11-3-4-12-25/h5-10,13,24H,3-4,11-12,14H2,1-2H3/b23-16+. The van der Waals surface area contributed by atoms with E-state index in [-0.39, 0.29) is 12.5 Å². The summed E-state index contributed by atoms with van der Waals surface area (Å²) in [5, 5.41) is 5.10. The zero-order valence-electron chi connectivity index (χ0n) is 15.7. The molecular formula is C21H24ClN3O2. The zero-order valence-corrected chi connectivity index (χ0v) is 16.4. The molecule has 0 unspecified atom stereocenters. The Morgan fingerprint density at radius 2 is 1.89 bits per heavy atom. The van der Waals surface area contributed by atoms with Gasteiger partial charge in [-0.05, 0) is 74.2 Å². The van der Waals surface area contributed by atoms with Crippen LogP contribution in [-0.4, -0.2) is 36.2 Å². The molecule has 1 aliphatic heterocycles. The summed E-state index contributed by atoms with van der Waals surface area (Å²) in [4.78, 5) is 13.9. The Morgan fingerprint density at radius 1 is 1.19 bits per heavy atom. The summed E-state index contributed by atoms with van der Waals surface area (Å²) in [6.07, 6.45) is 2.17. The van der Waals surface area contributed by atoms with Crippen LogP contribution in [0, 0.1) is 6.92 Å². The molecule has 27 heavy (non-hydrogen) atoms. The molecular weight excluding hydrogens is 362 g/mol. The van der Waals surface area contributed by atoms with Crippen molar-refractivity contribution in [3.63, 3.8) is 0 Å². The third-order valence-corrected chi connectivity index (χ3v) is 5.02. The molecule has 0 aliphatic carbocycles. The minimum absolute atomic E-state index is 0.0512. The molecule has 0 saturated carbocycles. The van der Waals surface area contributed by atoms with E-state index in [4.69, 9.17) is 16.3 Å². The normalized spacial score (nSPS) is 14.3. The number of hydrogen-bond acceptors (Lipinski definition) is 4. The second-order valence-corrected chi connectivity index (χ2v) is 7.08. The van der Waals surface area contributed by atoms with Gasteiger partial charge in [-0.2, -0.15) is 5.10 Å². The van der Waals surface area contributed by atoms with Crippen LogP contribution >= 0.6 is 11.6 Å². The van der Waals surface area contributed by atoms with E-state index >= 15 is 0 Å². The maximum Gasteiger partial charge on any atom is 0.260 e. The summed E-state index contributed by atoms with van der Waals surface area (Å²) in [7, 11) is 0. The number of benzene rings is 2. The first-order valence-electron chi connectivity index (χ1n) is 9.10. The molecule has 1 saturated heterocycles. The molecule has 1 heterocycles. The summed E-state index contributed by atoms with van der Waals surface area (Å²) < 4.78 is 5.61. The first-order chi connectivity index (χ1) is 13.0. The number of hydrogen-bond donors (Lipinski definition) is 1. The van der Waals surface area contributed by atoms with Crippen LogP contribution in [0.3, 0.4) is 0 Å². The van der Waals surface area contributed by atoms with Crippen LogP contribution in [0.4, 0.5) is 5.69 Å². The van der Waals surface area contributed by atoms with Crippen LogP contribution in [0.25, 0.3) is 0 Å². The second kappa shape index (κ2) is 8.91. The van der Waals surface area contributed by atoms with Gasteiger partial charge < -0.3 is 9.64 Å². The Kier molecular flexibility index (Phi) is 6.35. The van der Waals surface area contributed by atoms with Gasteiger partial charge in [0.1, 0.15) is 5.75 Å². The van der Waals surface area contributed by atoms with Crippen LogP contribution in [0.15, 0.2) is 47.6 Å². The maximum absolute atomic E-state index is 12.0. The molecule has 0 bridgehead atoms. The van der Waals surface area contributed by atoms with Crippen molar-refractivity contribution in [1.82, 2.24) is 4.90 Å². The van der Waals surface area contributed by atoms with Gasteiger partial charge in [-0.1, -0.05) is 17.7 Å². The van der Waals surface area contributed by atoms with Gasteiger partial charge in [0, 0.05) is 18.1 Å². The Bertz CT molecular complexity index is 828. The van der Waals surface area contributed by atoms with Gasteiger partial charge >= 0.3 is 0 Å². The van der Waals surface area contributed by atoms with Gasteiger partial charge in [0.25, 0.3) is 5.91 Å². The third kappa shape index (κ3) is 5.23. The van der Waals surface area contributed by atoms with E-state index in [1.165, 1.54) is 0 Å². The lowest BCUT2D eigenvalue weighted by Crippen LogP contribution is -2.32. The topological polar surface area (TPSA) is 53.9 Å². The maximum atomic E-state index is 12.0. The van der Waals surface area contributed by atoms with Crippen molar-refractivity contribution >= 4 is 28.9 Å². The molecule has 0 aromatic heterocycles. The minimum Gasteiger partial charge on any atom is -0.484 e. The highest BCUT2D eigenvalue weighted by Gasteiger charge is 2.18. The number of anilines is 1. The third-order valence-electron chi connectivity index (χ3n) is 4.62. The van der Waals surface area contributed by atoms with Crippen molar-refractivity contribution in [2.75, 3.05) is 25.1 Å². The highest BCUT2D eigenvalue weighted by molar-refractivity contribution is 6.31. The molecule has 0 radical (unpaired) electrons. The lowest BCUT2D eigenvalue weighted by Gasteiger charge is -2.15. The summed E-state index contributed by atoms with van der Waals surface area (Å²) in [6.45, 7) is 5.66. The van der Waals surface area contributed by atoms with Gasteiger partial charge in [-0.25, -0.2) is 0 Å². The monoisotopic (exact) mass is 385 g/mol. The molecule has 1 amide bonds. The van der Waals surface area contributed by atoms with Crippen molar-refractivity contribution in [1.29, 1.82) is 0 Å².